The second-order valence-corrected chi connectivity index (χ2v) is 8.15. The molecule has 3 heterocycles. The zero-order valence-corrected chi connectivity index (χ0v) is 19.0. The van der Waals surface area contributed by atoms with Crippen LogP contribution in [0.1, 0.15) is 23.2 Å². The molecule has 1 aromatic carbocycles. The van der Waals surface area contributed by atoms with Crippen LogP contribution in [0.15, 0.2) is 58.4 Å². The van der Waals surface area contributed by atoms with E-state index in [4.69, 9.17) is 16.3 Å². The van der Waals surface area contributed by atoms with Gasteiger partial charge in [-0.3, -0.25) is 18.9 Å². The molecule has 0 radical (unpaired) electrons. The zero-order valence-electron chi connectivity index (χ0n) is 18.3. The summed E-state index contributed by atoms with van der Waals surface area (Å²) < 4.78 is 8.56. The molecule has 0 spiro atoms. The van der Waals surface area contributed by atoms with Gasteiger partial charge in [0.2, 0.25) is 0 Å². The number of pyridine rings is 2. The summed E-state index contributed by atoms with van der Waals surface area (Å²) in [4.78, 5) is 34.9. The van der Waals surface area contributed by atoms with E-state index in [9.17, 15) is 14.7 Å². The van der Waals surface area contributed by atoms with Crippen molar-refractivity contribution in [3.05, 3.63) is 91.5 Å². The van der Waals surface area contributed by atoms with Crippen molar-refractivity contribution in [2.45, 2.75) is 26.3 Å². The second kappa shape index (κ2) is 9.56. The van der Waals surface area contributed by atoms with Gasteiger partial charge in [0.05, 0.1) is 17.8 Å². The first-order valence-electron chi connectivity index (χ1n) is 10.5. The maximum Gasteiger partial charge on any atom is 0.332 e. The fourth-order valence-corrected chi connectivity index (χ4v) is 3.76. The summed E-state index contributed by atoms with van der Waals surface area (Å²) >= 11 is 6.04. The molecule has 0 aliphatic carbocycles. The molecular formula is C24H23ClN4O4. The smallest absolute Gasteiger partial charge is 0.332 e. The van der Waals surface area contributed by atoms with E-state index in [0.29, 0.717) is 33.9 Å². The molecule has 0 unspecified atom stereocenters. The number of nitrogens with zero attached hydrogens (tertiary/aromatic N) is 4. The summed E-state index contributed by atoms with van der Waals surface area (Å²) in [5.74, 6) is 0.900. The minimum atomic E-state index is -0.484. The molecule has 4 rings (SSSR count). The molecule has 33 heavy (non-hydrogen) atoms. The third-order valence-electron chi connectivity index (χ3n) is 5.37. The lowest BCUT2D eigenvalue weighted by atomic mass is 10.0. The Morgan fingerprint density at radius 2 is 1.82 bits per heavy atom. The molecule has 3 aromatic heterocycles. The van der Waals surface area contributed by atoms with Gasteiger partial charge in [-0.15, -0.1) is 0 Å². The van der Waals surface area contributed by atoms with Crippen molar-refractivity contribution in [1.82, 2.24) is 19.1 Å². The number of aromatic nitrogens is 4. The fraction of sp³-hybridized carbons (Fsp3) is 0.250. The van der Waals surface area contributed by atoms with Crippen molar-refractivity contribution in [2.75, 3.05) is 6.61 Å². The molecule has 0 saturated carbocycles. The predicted molar refractivity (Wildman–Crippen MR) is 126 cm³/mol. The third-order valence-corrected chi connectivity index (χ3v) is 5.62. The van der Waals surface area contributed by atoms with Crippen LogP contribution in [0.25, 0.3) is 11.0 Å². The Bertz CT molecular complexity index is 1410. The monoisotopic (exact) mass is 466 g/mol. The van der Waals surface area contributed by atoms with Gasteiger partial charge in [0.25, 0.3) is 5.56 Å². The van der Waals surface area contributed by atoms with E-state index < -0.39 is 11.2 Å². The number of fused-ring (bicyclic) bond motifs is 1. The van der Waals surface area contributed by atoms with Crippen LogP contribution in [0.4, 0.5) is 0 Å². The van der Waals surface area contributed by atoms with E-state index >= 15 is 0 Å². The van der Waals surface area contributed by atoms with Crippen LogP contribution in [0.3, 0.4) is 0 Å². The van der Waals surface area contributed by atoms with Gasteiger partial charge in [0.15, 0.2) is 0 Å². The molecule has 0 amide bonds. The van der Waals surface area contributed by atoms with Gasteiger partial charge >= 0.3 is 5.69 Å². The summed E-state index contributed by atoms with van der Waals surface area (Å²) in [5.41, 5.74) is 1.67. The van der Waals surface area contributed by atoms with Gasteiger partial charge in [-0.2, -0.15) is 0 Å². The molecule has 0 atom stereocenters. The summed E-state index contributed by atoms with van der Waals surface area (Å²) in [7, 11) is 1.57. The number of hydrogen-bond donors (Lipinski definition) is 1. The summed E-state index contributed by atoms with van der Waals surface area (Å²) in [6.45, 7) is 1.85. The lowest BCUT2D eigenvalue weighted by molar-refractivity contribution is 0.277. The van der Waals surface area contributed by atoms with Gasteiger partial charge in [-0.1, -0.05) is 23.7 Å². The molecule has 0 aliphatic heterocycles. The molecule has 0 saturated heterocycles. The third kappa shape index (κ3) is 4.67. The Labute approximate surface area is 194 Å². The Kier molecular flexibility index (Phi) is 6.57. The van der Waals surface area contributed by atoms with Crippen LogP contribution in [0.2, 0.25) is 5.02 Å². The molecule has 170 valence electrons. The van der Waals surface area contributed by atoms with Crippen LogP contribution in [-0.4, -0.2) is 30.8 Å². The highest BCUT2D eigenvalue weighted by Gasteiger charge is 2.20. The molecule has 4 aromatic rings. The van der Waals surface area contributed by atoms with Crippen LogP contribution in [-0.2, 0) is 20.0 Å². The van der Waals surface area contributed by atoms with Gasteiger partial charge in [0, 0.05) is 42.9 Å². The van der Waals surface area contributed by atoms with Gasteiger partial charge in [-0.25, -0.2) is 9.78 Å². The maximum atomic E-state index is 13.5. The van der Waals surface area contributed by atoms with E-state index in [0.717, 1.165) is 15.8 Å². The van der Waals surface area contributed by atoms with Crippen molar-refractivity contribution >= 4 is 22.6 Å². The van der Waals surface area contributed by atoms with Crippen molar-refractivity contribution < 1.29 is 9.84 Å². The largest absolute Gasteiger partial charge is 0.454 e. The number of hydrogen-bond acceptors (Lipinski definition) is 6. The Balaban J connectivity index is 1.95. The summed E-state index contributed by atoms with van der Waals surface area (Å²) in [6, 6.07) is 10.9. The quantitative estimate of drug-likeness (QED) is 0.449. The summed E-state index contributed by atoms with van der Waals surface area (Å²) in [6.07, 6.45) is 3.76. The number of halogens is 1. The Morgan fingerprint density at radius 3 is 2.48 bits per heavy atom. The van der Waals surface area contributed by atoms with E-state index in [1.54, 1.807) is 31.4 Å². The van der Waals surface area contributed by atoms with Gasteiger partial charge < -0.3 is 9.84 Å². The number of aryl methyl sites for hydroxylation is 2. The number of benzene rings is 1. The molecule has 9 heteroatoms. The van der Waals surface area contributed by atoms with Crippen LogP contribution in [0, 0.1) is 6.92 Å². The SMILES string of the molecule is Cc1ccc(Oc2cnc3c(c2Cc2ccc(Cl)cc2)c(=O)n(CCCO)c(=O)n3C)cn1. The molecule has 0 bridgehead atoms. The standard InChI is InChI=1S/C24H23ClN4O4/c1-15-4-9-18(13-26-15)33-20-14-27-22-21(19(20)12-16-5-7-17(25)8-6-16)23(31)29(10-3-11-30)24(32)28(22)2/h4-9,13-14,30H,3,10-12H2,1-2H3. The van der Waals surface area contributed by atoms with Crippen molar-refractivity contribution in [3.63, 3.8) is 0 Å². The Hall–Kier alpha value is -3.49. The fourth-order valence-electron chi connectivity index (χ4n) is 3.63. The first-order valence-corrected chi connectivity index (χ1v) is 10.8. The van der Waals surface area contributed by atoms with E-state index in [-0.39, 0.29) is 25.2 Å². The Morgan fingerprint density at radius 1 is 1.06 bits per heavy atom. The first-order chi connectivity index (χ1) is 15.9. The van der Waals surface area contributed by atoms with Crippen molar-refractivity contribution in [3.8, 4) is 11.5 Å². The van der Waals surface area contributed by atoms with Crippen molar-refractivity contribution in [1.29, 1.82) is 0 Å². The number of ether oxygens (including phenoxy) is 1. The van der Waals surface area contributed by atoms with Crippen molar-refractivity contribution in [2.24, 2.45) is 7.05 Å². The molecule has 0 fully saturated rings. The minimum Gasteiger partial charge on any atom is -0.454 e. The molecular weight excluding hydrogens is 444 g/mol. The van der Waals surface area contributed by atoms with Crippen LogP contribution < -0.4 is 16.0 Å². The molecule has 1 N–H and O–H groups in total. The normalized spacial score (nSPS) is 11.2. The number of aliphatic hydroxyl groups is 1. The average molecular weight is 467 g/mol. The molecule has 0 aliphatic rings. The van der Waals surface area contributed by atoms with E-state index in [1.807, 2.05) is 25.1 Å². The van der Waals surface area contributed by atoms with E-state index in [2.05, 4.69) is 9.97 Å². The van der Waals surface area contributed by atoms with Crippen LogP contribution in [0.5, 0.6) is 11.5 Å². The molecule has 8 nitrogen and oxygen atoms in total. The highest BCUT2D eigenvalue weighted by atomic mass is 35.5. The second-order valence-electron chi connectivity index (χ2n) is 7.72. The van der Waals surface area contributed by atoms with E-state index in [1.165, 1.54) is 10.8 Å². The number of aliphatic hydroxyl groups excluding tert-OH is 1. The zero-order chi connectivity index (χ0) is 23.5. The van der Waals surface area contributed by atoms with Gasteiger partial charge in [0.1, 0.15) is 17.1 Å². The highest BCUT2D eigenvalue weighted by Crippen LogP contribution is 2.30. The first kappa shape index (κ1) is 22.7. The number of rotatable bonds is 7. The predicted octanol–water partition coefficient (Wildman–Crippen LogP) is 3.22. The van der Waals surface area contributed by atoms with Gasteiger partial charge in [-0.05, 0) is 43.2 Å². The minimum absolute atomic E-state index is 0.102. The average Bonchev–Trinajstić information content (AvgIpc) is 2.81. The lowest BCUT2D eigenvalue weighted by Gasteiger charge is -2.16. The summed E-state index contributed by atoms with van der Waals surface area (Å²) in [5, 5.41) is 10.1. The van der Waals surface area contributed by atoms with Crippen LogP contribution >= 0.6 is 11.6 Å². The lowest BCUT2D eigenvalue weighted by Crippen LogP contribution is -2.40. The maximum absolute atomic E-state index is 13.5. The highest BCUT2D eigenvalue weighted by molar-refractivity contribution is 6.30. The topological polar surface area (TPSA) is 99.2 Å².